The lowest BCUT2D eigenvalue weighted by Gasteiger charge is -2.12. The summed E-state index contributed by atoms with van der Waals surface area (Å²) in [6.45, 7) is 3.78. The maximum atomic E-state index is 13.1. The van der Waals surface area contributed by atoms with Crippen LogP contribution in [0.1, 0.15) is 37.0 Å². The minimum atomic E-state index is -4.49. The second kappa shape index (κ2) is 7.70. The first-order valence-corrected chi connectivity index (χ1v) is 11.0. The fourth-order valence-electron chi connectivity index (χ4n) is 3.58. The zero-order chi connectivity index (χ0) is 23.5. The van der Waals surface area contributed by atoms with Gasteiger partial charge < -0.3 is 4.42 Å². The van der Waals surface area contributed by atoms with Crippen LogP contribution >= 0.6 is 22.9 Å². The molecule has 0 aliphatic carbocycles. The summed E-state index contributed by atoms with van der Waals surface area (Å²) in [6, 6.07) is 8.16. The van der Waals surface area contributed by atoms with Gasteiger partial charge in [-0.3, -0.25) is 9.20 Å². The minimum absolute atomic E-state index is 0.0167. The van der Waals surface area contributed by atoms with Gasteiger partial charge in [-0.25, -0.2) is 4.68 Å². The molecule has 4 aromatic heterocycles. The highest BCUT2D eigenvalue weighted by Crippen LogP contribution is 2.33. The van der Waals surface area contributed by atoms with Gasteiger partial charge in [-0.05, 0) is 30.3 Å². The third-order valence-corrected chi connectivity index (χ3v) is 6.27. The van der Waals surface area contributed by atoms with Gasteiger partial charge in [0.1, 0.15) is 17.9 Å². The van der Waals surface area contributed by atoms with Gasteiger partial charge in [-0.1, -0.05) is 31.5 Å². The number of nitrogens with zero attached hydrogens (tertiary/aromatic N) is 5. The molecular formula is C21H15ClF3N5O2S. The van der Waals surface area contributed by atoms with E-state index in [9.17, 15) is 18.0 Å². The molecule has 4 heterocycles. The van der Waals surface area contributed by atoms with Crippen molar-refractivity contribution in [2.75, 3.05) is 0 Å². The summed E-state index contributed by atoms with van der Waals surface area (Å²) in [7, 11) is 0. The number of aromatic nitrogens is 5. The van der Waals surface area contributed by atoms with E-state index < -0.39 is 11.7 Å². The Kier molecular flexibility index (Phi) is 5.05. The molecule has 0 spiro atoms. The summed E-state index contributed by atoms with van der Waals surface area (Å²) in [5.41, 5.74) is 0.191. The van der Waals surface area contributed by atoms with E-state index in [0.717, 1.165) is 22.3 Å². The van der Waals surface area contributed by atoms with E-state index in [0.29, 0.717) is 15.7 Å². The molecule has 0 radical (unpaired) electrons. The molecule has 5 aromatic rings. The SMILES string of the molecule is CC(C)c1nn(Cc2nnc(-c3cccc(C(F)(F)F)c3)o2)c(=O)c2cc3sc(Cl)cc3n12. The normalized spacial score (nSPS) is 12.5. The maximum Gasteiger partial charge on any atom is 0.416 e. The van der Waals surface area contributed by atoms with Crippen LogP contribution in [-0.2, 0) is 12.7 Å². The highest BCUT2D eigenvalue weighted by Gasteiger charge is 2.31. The van der Waals surface area contributed by atoms with Crippen molar-refractivity contribution < 1.29 is 17.6 Å². The van der Waals surface area contributed by atoms with Crippen LogP contribution in [0.15, 0.2) is 45.6 Å². The molecule has 0 saturated carbocycles. The van der Waals surface area contributed by atoms with E-state index in [1.807, 2.05) is 13.8 Å². The van der Waals surface area contributed by atoms with Crippen LogP contribution in [0.2, 0.25) is 4.34 Å². The fourth-order valence-corrected chi connectivity index (χ4v) is 4.74. The molecule has 5 rings (SSSR count). The van der Waals surface area contributed by atoms with Crippen LogP contribution in [0.3, 0.4) is 0 Å². The first-order valence-electron chi connectivity index (χ1n) is 9.83. The number of fused-ring (bicyclic) bond motifs is 3. The van der Waals surface area contributed by atoms with Crippen molar-refractivity contribution in [1.29, 1.82) is 0 Å². The Morgan fingerprint density at radius 3 is 2.67 bits per heavy atom. The molecule has 0 bridgehead atoms. The predicted molar refractivity (Wildman–Crippen MR) is 118 cm³/mol. The van der Waals surface area contributed by atoms with Crippen LogP contribution in [0, 0.1) is 0 Å². The molecule has 1 aromatic carbocycles. The number of hydrogen-bond acceptors (Lipinski definition) is 6. The van der Waals surface area contributed by atoms with Crippen LogP contribution in [0.25, 0.3) is 27.2 Å². The van der Waals surface area contributed by atoms with E-state index in [1.54, 1.807) is 16.5 Å². The molecule has 0 N–H and O–H groups in total. The first kappa shape index (κ1) is 21.7. The van der Waals surface area contributed by atoms with Crippen LogP contribution in [0.5, 0.6) is 0 Å². The molecule has 0 unspecified atom stereocenters. The van der Waals surface area contributed by atoms with Gasteiger partial charge in [0.2, 0.25) is 11.8 Å². The van der Waals surface area contributed by atoms with Gasteiger partial charge in [-0.15, -0.1) is 21.5 Å². The Morgan fingerprint density at radius 2 is 1.94 bits per heavy atom. The molecule has 0 saturated heterocycles. The number of halogens is 4. The van der Waals surface area contributed by atoms with E-state index in [2.05, 4.69) is 15.3 Å². The Balaban J connectivity index is 1.55. The average molecular weight is 494 g/mol. The minimum Gasteiger partial charge on any atom is -0.419 e. The lowest BCUT2D eigenvalue weighted by molar-refractivity contribution is -0.137. The molecule has 0 atom stereocenters. The molecule has 0 fully saturated rings. The standard InChI is InChI=1S/C21H15ClF3N5O2S/c1-10(2)18-28-29(20(31)14-7-15-13(30(14)18)8-16(22)33-15)9-17-26-27-19(32-17)11-4-3-5-12(6-11)21(23,24)25/h3-8,10H,9H2,1-2H3. The topological polar surface area (TPSA) is 78.2 Å². The van der Waals surface area contributed by atoms with Gasteiger partial charge in [0.05, 0.1) is 20.1 Å². The Labute approximate surface area is 193 Å². The smallest absolute Gasteiger partial charge is 0.416 e. The largest absolute Gasteiger partial charge is 0.419 e. The van der Waals surface area contributed by atoms with Gasteiger partial charge in [0, 0.05) is 11.5 Å². The predicted octanol–water partition coefficient (Wildman–Crippen LogP) is 5.60. The van der Waals surface area contributed by atoms with Gasteiger partial charge in [-0.2, -0.15) is 18.3 Å². The van der Waals surface area contributed by atoms with Crippen molar-refractivity contribution in [2.24, 2.45) is 0 Å². The molecule has 0 aliphatic rings. The second-order valence-corrected chi connectivity index (χ2v) is 9.44. The van der Waals surface area contributed by atoms with Crippen molar-refractivity contribution >= 4 is 38.7 Å². The highest BCUT2D eigenvalue weighted by atomic mass is 35.5. The molecule has 12 heteroatoms. The monoisotopic (exact) mass is 493 g/mol. The third kappa shape index (κ3) is 3.80. The van der Waals surface area contributed by atoms with E-state index in [1.165, 1.54) is 28.2 Å². The quantitative estimate of drug-likeness (QED) is 0.325. The number of alkyl halides is 3. The summed E-state index contributed by atoms with van der Waals surface area (Å²) < 4.78 is 49.1. The summed E-state index contributed by atoms with van der Waals surface area (Å²) in [5, 5.41) is 12.3. The molecular weight excluding hydrogens is 479 g/mol. The average Bonchev–Trinajstić information content (AvgIpc) is 3.44. The second-order valence-electron chi connectivity index (χ2n) is 7.72. The zero-order valence-corrected chi connectivity index (χ0v) is 18.8. The van der Waals surface area contributed by atoms with Crippen molar-refractivity contribution in [3.05, 3.63) is 68.4 Å². The Hall–Kier alpha value is -3.18. The van der Waals surface area contributed by atoms with E-state index in [-0.39, 0.29) is 35.4 Å². The number of rotatable bonds is 4. The molecule has 33 heavy (non-hydrogen) atoms. The van der Waals surface area contributed by atoms with Crippen LogP contribution in [0.4, 0.5) is 13.2 Å². The van der Waals surface area contributed by atoms with Gasteiger partial charge >= 0.3 is 6.18 Å². The zero-order valence-electron chi connectivity index (χ0n) is 17.2. The number of hydrogen-bond donors (Lipinski definition) is 0. The summed E-state index contributed by atoms with van der Waals surface area (Å²) in [5.74, 6) is 0.600. The lowest BCUT2D eigenvalue weighted by atomic mass is 10.1. The Morgan fingerprint density at radius 1 is 1.15 bits per heavy atom. The number of thiophene rings is 1. The Bertz CT molecular complexity index is 1560. The van der Waals surface area contributed by atoms with Gasteiger partial charge in [0.15, 0.2) is 0 Å². The summed E-state index contributed by atoms with van der Waals surface area (Å²) >= 11 is 7.50. The summed E-state index contributed by atoms with van der Waals surface area (Å²) in [4.78, 5) is 13.1. The first-order chi connectivity index (χ1) is 15.6. The van der Waals surface area contributed by atoms with Crippen molar-refractivity contribution in [2.45, 2.75) is 32.5 Å². The van der Waals surface area contributed by atoms with Gasteiger partial charge in [0.25, 0.3) is 5.56 Å². The highest BCUT2D eigenvalue weighted by molar-refractivity contribution is 7.22. The summed E-state index contributed by atoms with van der Waals surface area (Å²) in [6.07, 6.45) is -4.49. The van der Waals surface area contributed by atoms with Crippen molar-refractivity contribution in [3.63, 3.8) is 0 Å². The van der Waals surface area contributed by atoms with Crippen LogP contribution in [-0.4, -0.2) is 24.4 Å². The number of benzene rings is 1. The maximum absolute atomic E-state index is 13.1. The lowest BCUT2D eigenvalue weighted by Crippen LogP contribution is -2.28. The van der Waals surface area contributed by atoms with Crippen LogP contribution < -0.4 is 5.56 Å². The van der Waals surface area contributed by atoms with Crippen molar-refractivity contribution in [3.8, 4) is 11.5 Å². The molecule has 0 aliphatic heterocycles. The molecule has 7 nitrogen and oxygen atoms in total. The molecule has 170 valence electrons. The molecule has 0 amide bonds. The van der Waals surface area contributed by atoms with E-state index in [4.69, 9.17) is 16.0 Å². The van der Waals surface area contributed by atoms with E-state index >= 15 is 0 Å². The third-order valence-electron chi connectivity index (χ3n) is 5.07. The van der Waals surface area contributed by atoms with Crippen molar-refractivity contribution in [1.82, 2.24) is 24.4 Å². The fraction of sp³-hybridized carbons (Fsp3) is 0.238.